The topological polar surface area (TPSA) is 53.2 Å². The van der Waals surface area contributed by atoms with Gasteiger partial charge in [0.1, 0.15) is 0 Å². The van der Waals surface area contributed by atoms with Gasteiger partial charge in [0, 0.05) is 5.70 Å². The van der Waals surface area contributed by atoms with Crippen molar-refractivity contribution in [3.63, 3.8) is 0 Å². The highest BCUT2D eigenvalue weighted by Crippen LogP contribution is 2.33. The Morgan fingerprint density at radius 3 is 2.57 bits per heavy atom. The van der Waals surface area contributed by atoms with Crippen LogP contribution in [0, 0.1) is 0 Å². The summed E-state index contributed by atoms with van der Waals surface area (Å²) >= 11 is 11.6. The van der Waals surface area contributed by atoms with Crippen molar-refractivity contribution in [3.8, 4) is 0 Å². The Kier molecular flexibility index (Phi) is 5.03. The molecule has 0 bridgehead atoms. The lowest BCUT2D eigenvalue weighted by Gasteiger charge is -2.31. The van der Waals surface area contributed by atoms with Gasteiger partial charge in [0.05, 0.1) is 22.3 Å². The third-order valence-corrected chi connectivity index (χ3v) is 5.32. The molecule has 1 atom stereocenters. The van der Waals surface area contributed by atoms with Crippen LogP contribution in [-0.2, 0) is 4.79 Å². The fraction of sp³-hybridized carbons (Fsp3) is 0.0909. The Morgan fingerprint density at radius 2 is 1.75 bits per heavy atom. The number of benzene rings is 3. The minimum atomic E-state index is -0.373. The van der Waals surface area contributed by atoms with Gasteiger partial charge in [-0.3, -0.25) is 4.79 Å². The molecule has 0 radical (unpaired) electrons. The Balaban J connectivity index is 1.79. The molecule has 28 heavy (non-hydrogen) atoms. The second-order valence-corrected chi connectivity index (χ2v) is 7.39. The molecule has 1 heterocycles. The molecule has 1 aliphatic rings. The summed E-state index contributed by atoms with van der Waals surface area (Å²) < 4.78 is 0. The van der Waals surface area contributed by atoms with E-state index in [0.717, 1.165) is 16.3 Å². The number of rotatable bonds is 3. The summed E-state index contributed by atoms with van der Waals surface area (Å²) in [6.45, 7) is 1.85. The zero-order valence-corrected chi connectivity index (χ0v) is 16.7. The maximum absolute atomic E-state index is 13.2. The molecule has 3 aromatic carbocycles. The van der Waals surface area contributed by atoms with Crippen LogP contribution in [0.25, 0.3) is 10.8 Å². The van der Waals surface area contributed by atoms with E-state index in [1.54, 1.807) is 12.1 Å². The van der Waals surface area contributed by atoms with E-state index in [9.17, 15) is 4.79 Å². The van der Waals surface area contributed by atoms with E-state index in [1.807, 2.05) is 43.3 Å². The maximum Gasteiger partial charge on any atom is 0.255 e. The molecule has 0 aliphatic carbocycles. The van der Waals surface area contributed by atoms with Gasteiger partial charge in [-0.2, -0.15) is 0 Å². The number of carbonyl (C=O) groups is 1. The number of allylic oxidation sites excluding steroid dienone is 1. The normalized spacial score (nSPS) is 16.5. The lowest BCUT2D eigenvalue weighted by molar-refractivity contribution is -0.113. The third-order valence-electron chi connectivity index (χ3n) is 4.77. The summed E-state index contributed by atoms with van der Waals surface area (Å²) in [7, 11) is 0. The van der Waals surface area contributed by atoms with Gasteiger partial charge in [0.2, 0.25) is 0 Å². The van der Waals surface area contributed by atoms with Gasteiger partial charge in [-0.15, -0.1) is 0 Å². The van der Waals surface area contributed by atoms with E-state index in [4.69, 9.17) is 23.8 Å². The SMILES string of the molecule is CC1=C(C(=O)Nc2ccccc2Cl)[C@@H](c2cccc3ccccc23)NC(=S)N1. The van der Waals surface area contributed by atoms with Crippen LogP contribution in [0.5, 0.6) is 0 Å². The zero-order valence-electron chi connectivity index (χ0n) is 15.1. The number of amides is 1. The highest BCUT2D eigenvalue weighted by Gasteiger charge is 2.31. The Bertz CT molecular complexity index is 1120. The highest BCUT2D eigenvalue weighted by molar-refractivity contribution is 7.80. The minimum absolute atomic E-state index is 0.231. The fourth-order valence-electron chi connectivity index (χ4n) is 3.48. The van der Waals surface area contributed by atoms with Crippen LogP contribution in [0.4, 0.5) is 5.69 Å². The average molecular weight is 408 g/mol. The van der Waals surface area contributed by atoms with E-state index in [0.29, 0.717) is 27.1 Å². The Morgan fingerprint density at radius 1 is 1.04 bits per heavy atom. The summed E-state index contributed by atoms with van der Waals surface area (Å²) in [6, 6.07) is 21.0. The van der Waals surface area contributed by atoms with Crippen molar-refractivity contribution in [2.45, 2.75) is 13.0 Å². The van der Waals surface area contributed by atoms with Gasteiger partial charge in [0.15, 0.2) is 5.11 Å². The van der Waals surface area contributed by atoms with Gasteiger partial charge in [-0.05, 0) is 47.6 Å². The first-order valence-corrected chi connectivity index (χ1v) is 9.65. The van der Waals surface area contributed by atoms with E-state index in [1.165, 1.54) is 0 Å². The molecule has 0 aromatic heterocycles. The van der Waals surface area contributed by atoms with Crippen LogP contribution in [-0.4, -0.2) is 11.0 Å². The molecule has 1 amide bonds. The van der Waals surface area contributed by atoms with Crippen LogP contribution in [0.3, 0.4) is 0 Å². The monoisotopic (exact) mass is 407 g/mol. The molecule has 0 saturated carbocycles. The lowest BCUT2D eigenvalue weighted by atomic mass is 9.91. The zero-order chi connectivity index (χ0) is 19.7. The van der Waals surface area contributed by atoms with Crippen molar-refractivity contribution in [2.75, 3.05) is 5.32 Å². The van der Waals surface area contributed by atoms with Crippen molar-refractivity contribution < 1.29 is 4.79 Å². The van der Waals surface area contributed by atoms with Crippen LogP contribution in [0.2, 0.25) is 5.02 Å². The Labute approximate surface area is 173 Å². The summed E-state index contributed by atoms with van der Waals surface area (Å²) in [5.41, 5.74) is 2.85. The molecule has 0 spiro atoms. The molecular weight excluding hydrogens is 390 g/mol. The second-order valence-electron chi connectivity index (χ2n) is 6.57. The Hall–Kier alpha value is -2.89. The van der Waals surface area contributed by atoms with Crippen LogP contribution in [0.15, 0.2) is 78.0 Å². The molecule has 0 fully saturated rings. The van der Waals surface area contributed by atoms with Gasteiger partial charge in [-0.1, -0.05) is 66.2 Å². The third kappa shape index (κ3) is 3.46. The van der Waals surface area contributed by atoms with Crippen LogP contribution < -0.4 is 16.0 Å². The van der Waals surface area contributed by atoms with Gasteiger partial charge < -0.3 is 16.0 Å². The predicted octanol–water partition coefficient (Wildman–Crippen LogP) is 4.92. The molecule has 4 rings (SSSR count). The van der Waals surface area contributed by atoms with E-state index in [2.05, 4.69) is 34.1 Å². The highest BCUT2D eigenvalue weighted by atomic mass is 35.5. The standard InChI is InChI=1S/C22H18ClN3OS/c1-13-19(21(27)25-18-12-5-4-11-17(18)23)20(26-22(28)24-13)16-10-6-8-14-7-2-3-9-15(14)16/h2-12,20H,1H3,(H,25,27)(H2,24,26,28)/t20-/m1/s1. The maximum atomic E-state index is 13.2. The number of hydrogen-bond donors (Lipinski definition) is 3. The number of nitrogens with one attached hydrogen (secondary N) is 3. The molecule has 3 aromatic rings. The van der Waals surface area contributed by atoms with Crippen molar-refractivity contribution in [1.29, 1.82) is 0 Å². The minimum Gasteiger partial charge on any atom is -0.351 e. The van der Waals surface area contributed by atoms with Crippen LogP contribution >= 0.6 is 23.8 Å². The number of anilines is 1. The first-order chi connectivity index (χ1) is 13.5. The predicted molar refractivity (Wildman–Crippen MR) is 118 cm³/mol. The number of thiocarbonyl (C=S) groups is 1. The second kappa shape index (κ2) is 7.62. The van der Waals surface area contributed by atoms with Gasteiger partial charge in [-0.25, -0.2) is 0 Å². The van der Waals surface area contributed by atoms with E-state index >= 15 is 0 Å². The van der Waals surface area contributed by atoms with E-state index in [-0.39, 0.29) is 11.9 Å². The average Bonchev–Trinajstić information content (AvgIpc) is 2.68. The molecule has 6 heteroatoms. The first-order valence-electron chi connectivity index (χ1n) is 8.86. The summed E-state index contributed by atoms with van der Waals surface area (Å²) in [5, 5.41) is 12.4. The first kappa shape index (κ1) is 18.5. The number of hydrogen-bond acceptors (Lipinski definition) is 2. The van der Waals surface area contributed by atoms with Crippen molar-refractivity contribution >= 4 is 51.3 Å². The molecule has 1 aliphatic heterocycles. The fourth-order valence-corrected chi connectivity index (χ4v) is 3.94. The number of para-hydroxylation sites is 1. The quantitative estimate of drug-likeness (QED) is 0.539. The molecule has 0 saturated heterocycles. The number of fused-ring (bicyclic) bond motifs is 1. The van der Waals surface area contributed by atoms with Gasteiger partial charge in [0.25, 0.3) is 5.91 Å². The molecule has 0 unspecified atom stereocenters. The molecule has 140 valence electrons. The van der Waals surface area contributed by atoms with Gasteiger partial charge >= 0.3 is 0 Å². The number of carbonyl (C=O) groups excluding carboxylic acids is 1. The largest absolute Gasteiger partial charge is 0.351 e. The van der Waals surface area contributed by atoms with Crippen molar-refractivity contribution in [3.05, 3.63) is 88.6 Å². The van der Waals surface area contributed by atoms with Crippen molar-refractivity contribution in [1.82, 2.24) is 10.6 Å². The van der Waals surface area contributed by atoms with Crippen LogP contribution in [0.1, 0.15) is 18.5 Å². The molecule has 4 nitrogen and oxygen atoms in total. The number of halogens is 1. The smallest absolute Gasteiger partial charge is 0.255 e. The van der Waals surface area contributed by atoms with E-state index < -0.39 is 0 Å². The molecule has 3 N–H and O–H groups in total. The summed E-state index contributed by atoms with van der Waals surface area (Å²) in [4.78, 5) is 13.2. The summed E-state index contributed by atoms with van der Waals surface area (Å²) in [5.74, 6) is -0.231. The molecular formula is C22H18ClN3OS. The lowest BCUT2D eigenvalue weighted by Crippen LogP contribution is -2.45. The van der Waals surface area contributed by atoms with Crippen molar-refractivity contribution in [2.24, 2.45) is 0 Å². The summed E-state index contributed by atoms with van der Waals surface area (Å²) in [6.07, 6.45) is 0.